The van der Waals surface area contributed by atoms with Gasteiger partial charge in [0, 0.05) is 25.8 Å². The first-order valence-electron chi connectivity index (χ1n) is 4.59. The second-order valence-electron chi connectivity index (χ2n) is 3.36. The minimum atomic E-state index is -0.204. The molecule has 1 saturated carbocycles. The lowest BCUT2D eigenvalue weighted by Crippen LogP contribution is -2.24. The Morgan fingerprint density at radius 3 is 2.77 bits per heavy atom. The molecule has 0 aliphatic heterocycles. The molecule has 1 fully saturated rings. The van der Waals surface area contributed by atoms with E-state index in [9.17, 15) is 9.59 Å². The third-order valence-electron chi connectivity index (χ3n) is 2.17. The maximum atomic E-state index is 11.0. The molecule has 4 heteroatoms. The summed E-state index contributed by atoms with van der Waals surface area (Å²) in [5, 5.41) is 0. The summed E-state index contributed by atoms with van der Waals surface area (Å²) in [6.45, 7) is 0.663. The van der Waals surface area contributed by atoms with Gasteiger partial charge in [0.1, 0.15) is 12.4 Å². The topological polar surface area (TPSA) is 69.4 Å². The molecule has 0 aromatic heterocycles. The average Bonchev–Trinajstić information content (AvgIpc) is 2.07. The van der Waals surface area contributed by atoms with Gasteiger partial charge in [-0.05, 0) is 12.3 Å². The summed E-state index contributed by atoms with van der Waals surface area (Å²) >= 11 is 0. The number of nitrogens with two attached hydrogens (primary N) is 1. The van der Waals surface area contributed by atoms with Gasteiger partial charge in [0.25, 0.3) is 0 Å². The van der Waals surface area contributed by atoms with Gasteiger partial charge >= 0.3 is 5.97 Å². The summed E-state index contributed by atoms with van der Waals surface area (Å²) < 4.78 is 4.79. The fraction of sp³-hybridized carbons (Fsp3) is 0.778. The van der Waals surface area contributed by atoms with Crippen LogP contribution in [0.3, 0.4) is 0 Å². The zero-order valence-corrected chi connectivity index (χ0v) is 7.62. The zero-order chi connectivity index (χ0) is 9.68. The fourth-order valence-electron chi connectivity index (χ4n) is 1.36. The molecule has 4 nitrogen and oxygen atoms in total. The Labute approximate surface area is 77.4 Å². The van der Waals surface area contributed by atoms with Gasteiger partial charge in [-0.2, -0.15) is 0 Å². The molecule has 13 heavy (non-hydrogen) atoms. The monoisotopic (exact) mass is 185 g/mol. The number of Topliss-reactive ketones (excluding diaryl/α,β-unsaturated/α-hetero) is 1. The molecule has 0 unspecified atom stereocenters. The standard InChI is InChI=1S/C9H15NO3/c10-3-4-13-9(12)2-1-7-5-8(11)6-7/h7H,1-6,10H2. The van der Waals surface area contributed by atoms with Crippen molar-refractivity contribution in [1.29, 1.82) is 0 Å². The summed E-state index contributed by atoms with van der Waals surface area (Å²) in [5.74, 6) is 0.517. The van der Waals surface area contributed by atoms with E-state index in [0.717, 1.165) is 6.42 Å². The Bertz CT molecular complexity index is 195. The molecule has 0 heterocycles. The SMILES string of the molecule is NCCOC(=O)CCC1CC(=O)C1. The van der Waals surface area contributed by atoms with E-state index in [1.807, 2.05) is 0 Å². The second-order valence-corrected chi connectivity index (χ2v) is 3.36. The van der Waals surface area contributed by atoms with Gasteiger partial charge in [-0.1, -0.05) is 0 Å². The Morgan fingerprint density at radius 1 is 1.54 bits per heavy atom. The second kappa shape index (κ2) is 4.97. The van der Waals surface area contributed by atoms with E-state index in [4.69, 9.17) is 10.5 Å². The van der Waals surface area contributed by atoms with E-state index in [2.05, 4.69) is 0 Å². The van der Waals surface area contributed by atoms with Crippen LogP contribution in [0.1, 0.15) is 25.7 Å². The molecule has 1 aliphatic carbocycles. The summed E-state index contributed by atoms with van der Waals surface area (Å²) in [6, 6.07) is 0. The minimum absolute atomic E-state index is 0.204. The number of hydrogen-bond donors (Lipinski definition) is 1. The third kappa shape index (κ3) is 3.55. The molecular weight excluding hydrogens is 170 g/mol. The van der Waals surface area contributed by atoms with E-state index in [-0.39, 0.29) is 5.97 Å². The zero-order valence-electron chi connectivity index (χ0n) is 7.62. The number of esters is 1. The van der Waals surface area contributed by atoms with Gasteiger partial charge in [0.2, 0.25) is 0 Å². The molecule has 2 N–H and O–H groups in total. The van der Waals surface area contributed by atoms with Crippen LogP contribution < -0.4 is 5.73 Å². The first-order chi connectivity index (χ1) is 6.22. The Hall–Kier alpha value is -0.900. The van der Waals surface area contributed by atoms with Crippen molar-refractivity contribution >= 4 is 11.8 Å². The molecule has 0 aromatic rings. The van der Waals surface area contributed by atoms with Crippen molar-refractivity contribution in [2.75, 3.05) is 13.2 Å². The summed E-state index contributed by atoms with van der Waals surface area (Å²) in [5.41, 5.74) is 5.17. The van der Waals surface area contributed by atoms with E-state index in [1.54, 1.807) is 0 Å². The van der Waals surface area contributed by atoms with E-state index >= 15 is 0 Å². The molecule has 0 aromatic carbocycles. The molecule has 74 valence electrons. The minimum Gasteiger partial charge on any atom is -0.464 e. The first kappa shape index (κ1) is 10.2. The Morgan fingerprint density at radius 2 is 2.23 bits per heavy atom. The summed E-state index contributed by atoms with van der Waals surface area (Å²) in [4.78, 5) is 21.6. The van der Waals surface area contributed by atoms with Crippen LogP contribution in [-0.4, -0.2) is 24.9 Å². The molecule has 0 spiro atoms. The quantitative estimate of drug-likeness (QED) is 0.623. The highest BCUT2D eigenvalue weighted by Crippen LogP contribution is 2.27. The van der Waals surface area contributed by atoms with E-state index in [1.165, 1.54) is 0 Å². The maximum Gasteiger partial charge on any atom is 0.305 e. The van der Waals surface area contributed by atoms with E-state index in [0.29, 0.717) is 44.1 Å². The highest BCUT2D eigenvalue weighted by atomic mass is 16.5. The first-order valence-corrected chi connectivity index (χ1v) is 4.59. The molecule has 0 radical (unpaired) electrons. The van der Waals surface area contributed by atoms with Crippen molar-refractivity contribution in [3.05, 3.63) is 0 Å². The van der Waals surface area contributed by atoms with Gasteiger partial charge < -0.3 is 10.5 Å². The van der Waals surface area contributed by atoms with Crippen LogP contribution >= 0.6 is 0 Å². The van der Waals surface area contributed by atoms with Crippen molar-refractivity contribution < 1.29 is 14.3 Å². The van der Waals surface area contributed by atoms with Crippen molar-refractivity contribution in [2.45, 2.75) is 25.7 Å². The average molecular weight is 185 g/mol. The Balaban J connectivity index is 1.99. The van der Waals surface area contributed by atoms with Crippen molar-refractivity contribution in [3.8, 4) is 0 Å². The Kier molecular flexibility index (Phi) is 3.89. The van der Waals surface area contributed by atoms with Crippen molar-refractivity contribution in [2.24, 2.45) is 11.7 Å². The number of carbonyl (C=O) groups is 2. The van der Waals surface area contributed by atoms with Gasteiger partial charge in [0.05, 0.1) is 0 Å². The smallest absolute Gasteiger partial charge is 0.305 e. The molecule has 0 atom stereocenters. The summed E-state index contributed by atoms with van der Waals surface area (Å²) in [7, 11) is 0. The van der Waals surface area contributed by atoms with Crippen LogP contribution in [0.4, 0.5) is 0 Å². The molecule has 1 aliphatic rings. The van der Waals surface area contributed by atoms with Crippen LogP contribution in [0.2, 0.25) is 0 Å². The van der Waals surface area contributed by atoms with Gasteiger partial charge in [-0.15, -0.1) is 0 Å². The fourth-order valence-corrected chi connectivity index (χ4v) is 1.36. The highest BCUT2D eigenvalue weighted by Gasteiger charge is 2.26. The van der Waals surface area contributed by atoms with Crippen LogP contribution in [-0.2, 0) is 14.3 Å². The van der Waals surface area contributed by atoms with Gasteiger partial charge in [-0.25, -0.2) is 0 Å². The number of carbonyl (C=O) groups excluding carboxylic acids is 2. The molecule has 0 saturated heterocycles. The molecular formula is C9H15NO3. The molecule has 1 rings (SSSR count). The van der Waals surface area contributed by atoms with Crippen LogP contribution in [0.15, 0.2) is 0 Å². The maximum absolute atomic E-state index is 11.0. The number of ketones is 1. The normalized spacial score (nSPS) is 16.8. The number of hydrogen-bond acceptors (Lipinski definition) is 4. The largest absolute Gasteiger partial charge is 0.464 e. The predicted molar refractivity (Wildman–Crippen MR) is 47.0 cm³/mol. The lowest BCUT2D eigenvalue weighted by atomic mass is 9.81. The lowest BCUT2D eigenvalue weighted by Gasteiger charge is -2.23. The van der Waals surface area contributed by atoms with Crippen molar-refractivity contribution in [1.82, 2.24) is 0 Å². The van der Waals surface area contributed by atoms with E-state index < -0.39 is 0 Å². The third-order valence-corrected chi connectivity index (χ3v) is 2.17. The predicted octanol–water partition coefficient (Wildman–Crippen LogP) is 0.248. The van der Waals surface area contributed by atoms with Gasteiger partial charge in [0.15, 0.2) is 0 Å². The number of rotatable bonds is 5. The summed E-state index contributed by atoms with van der Waals surface area (Å²) in [6.07, 6.45) is 2.47. The van der Waals surface area contributed by atoms with Crippen LogP contribution in [0.5, 0.6) is 0 Å². The number of ether oxygens (including phenoxy) is 1. The molecule has 0 amide bonds. The lowest BCUT2D eigenvalue weighted by molar-refractivity contribution is -0.144. The van der Waals surface area contributed by atoms with Crippen molar-refractivity contribution in [3.63, 3.8) is 0 Å². The van der Waals surface area contributed by atoms with Crippen LogP contribution in [0, 0.1) is 5.92 Å². The highest BCUT2D eigenvalue weighted by molar-refractivity contribution is 5.84. The van der Waals surface area contributed by atoms with Crippen LogP contribution in [0.25, 0.3) is 0 Å². The van der Waals surface area contributed by atoms with Gasteiger partial charge in [-0.3, -0.25) is 9.59 Å². The molecule has 0 bridgehead atoms.